The van der Waals surface area contributed by atoms with Crippen molar-refractivity contribution in [3.63, 3.8) is 0 Å². The lowest BCUT2D eigenvalue weighted by atomic mass is 9.79. The van der Waals surface area contributed by atoms with Gasteiger partial charge in [-0.05, 0) is 87.1 Å². The van der Waals surface area contributed by atoms with Crippen molar-refractivity contribution >= 4 is 28.4 Å². The van der Waals surface area contributed by atoms with Crippen molar-refractivity contribution in [1.82, 2.24) is 9.97 Å². The number of nitriles is 1. The Morgan fingerprint density at radius 3 is 2.79 bits per heavy atom. The van der Waals surface area contributed by atoms with Gasteiger partial charge in [-0.15, -0.1) is 0 Å². The average Bonchev–Trinajstić information content (AvgIpc) is 3.10. The van der Waals surface area contributed by atoms with Crippen molar-refractivity contribution in [2.24, 2.45) is 0 Å². The number of H-pyrrole nitrogens is 1. The molecule has 4 heteroatoms. The zero-order chi connectivity index (χ0) is 20.8. The molecule has 2 aromatic carbocycles. The van der Waals surface area contributed by atoms with E-state index in [0.29, 0.717) is 17.3 Å². The summed E-state index contributed by atoms with van der Waals surface area (Å²) in [7, 11) is 0. The fourth-order valence-electron chi connectivity index (χ4n) is 4.79. The number of aromatic amines is 1. The summed E-state index contributed by atoms with van der Waals surface area (Å²) in [5, 5.41) is 9.81. The molecule has 1 aliphatic heterocycles. The summed E-state index contributed by atoms with van der Waals surface area (Å²) in [5.74, 6) is 1.10. The van der Waals surface area contributed by atoms with Crippen LogP contribution in [-0.4, -0.2) is 22.1 Å². The lowest BCUT2D eigenvalue weighted by Gasteiger charge is -2.47. The molecule has 1 atom stereocenters. The van der Waals surface area contributed by atoms with Gasteiger partial charge in [0.1, 0.15) is 11.9 Å². The van der Waals surface area contributed by atoms with E-state index in [1.165, 1.54) is 16.8 Å². The van der Waals surface area contributed by atoms with Crippen molar-refractivity contribution < 1.29 is 0 Å². The second-order valence-corrected chi connectivity index (χ2v) is 8.70. The van der Waals surface area contributed by atoms with E-state index in [9.17, 15) is 5.26 Å². The number of anilines is 1. The first-order chi connectivity index (χ1) is 13.8. The summed E-state index contributed by atoms with van der Waals surface area (Å²) in [6.45, 7) is 12.3. The van der Waals surface area contributed by atoms with Gasteiger partial charge in [0.05, 0.1) is 16.6 Å². The third-order valence-electron chi connectivity index (χ3n) is 6.15. The Bertz CT molecular complexity index is 1110. The van der Waals surface area contributed by atoms with E-state index in [-0.39, 0.29) is 5.54 Å². The van der Waals surface area contributed by atoms with Gasteiger partial charge in [0, 0.05) is 17.8 Å². The number of hydrogen-bond donors (Lipinski definition) is 1. The lowest BCUT2D eigenvalue weighted by Crippen LogP contribution is -2.48. The maximum atomic E-state index is 9.81. The summed E-state index contributed by atoms with van der Waals surface area (Å²) < 4.78 is 0. The molecule has 1 unspecified atom stereocenters. The van der Waals surface area contributed by atoms with E-state index >= 15 is 0 Å². The topological polar surface area (TPSA) is 55.7 Å². The van der Waals surface area contributed by atoms with E-state index < -0.39 is 0 Å². The number of nitrogens with zero attached hydrogens (tertiary/aromatic N) is 3. The van der Waals surface area contributed by atoms with Crippen LogP contribution in [0.15, 0.2) is 36.4 Å². The zero-order valence-corrected chi connectivity index (χ0v) is 17.9. The van der Waals surface area contributed by atoms with Gasteiger partial charge in [-0.25, -0.2) is 4.98 Å². The smallest absolute Gasteiger partial charge is 0.149 e. The van der Waals surface area contributed by atoms with Gasteiger partial charge in [0.25, 0.3) is 0 Å². The SMILES string of the molecule is CCN1c2cc(C)c(/C=C(\C#N)c3nc4ccccc4[nH]3)cc2C(C)CC1(C)C. The Hall–Kier alpha value is -3.06. The molecule has 29 heavy (non-hydrogen) atoms. The summed E-state index contributed by atoms with van der Waals surface area (Å²) in [6, 6.07) is 14.8. The van der Waals surface area contributed by atoms with Crippen LogP contribution in [0.25, 0.3) is 22.7 Å². The zero-order valence-electron chi connectivity index (χ0n) is 17.9. The van der Waals surface area contributed by atoms with Gasteiger partial charge in [-0.3, -0.25) is 0 Å². The van der Waals surface area contributed by atoms with Crippen molar-refractivity contribution in [1.29, 1.82) is 5.26 Å². The van der Waals surface area contributed by atoms with Crippen molar-refractivity contribution in [3.8, 4) is 6.07 Å². The molecule has 2 heterocycles. The van der Waals surface area contributed by atoms with Crippen LogP contribution in [0.2, 0.25) is 0 Å². The third-order valence-corrected chi connectivity index (χ3v) is 6.15. The molecular weight excluding hydrogens is 356 g/mol. The number of rotatable bonds is 3. The van der Waals surface area contributed by atoms with E-state index in [0.717, 1.165) is 29.6 Å². The normalized spacial score (nSPS) is 18.6. The molecule has 1 aromatic heterocycles. The van der Waals surface area contributed by atoms with Gasteiger partial charge in [-0.2, -0.15) is 5.26 Å². The highest BCUT2D eigenvalue weighted by atomic mass is 15.2. The van der Waals surface area contributed by atoms with E-state index in [2.05, 4.69) is 67.7 Å². The first-order valence-electron chi connectivity index (χ1n) is 10.3. The van der Waals surface area contributed by atoms with Crippen molar-refractivity contribution in [2.75, 3.05) is 11.4 Å². The largest absolute Gasteiger partial charge is 0.366 e. The van der Waals surface area contributed by atoms with Crippen LogP contribution in [-0.2, 0) is 0 Å². The Labute approximate surface area is 172 Å². The van der Waals surface area contributed by atoms with E-state index in [4.69, 9.17) is 0 Å². The monoisotopic (exact) mass is 384 g/mol. The predicted molar refractivity (Wildman–Crippen MR) is 121 cm³/mol. The molecule has 4 rings (SSSR count). The Balaban J connectivity index is 1.81. The van der Waals surface area contributed by atoms with Gasteiger partial charge in [-0.1, -0.05) is 19.1 Å². The quantitative estimate of drug-likeness (QED) is 0.559. The number of benzene rings is 2. The van der Waals surface area contributed by atoms with E-state index in [1.807, 2.05) is 30.3 Å². The molecule has 0 fully saturated rings. The molecule has 4 nitrogen and oxygen atoms in total. The Morgan fingerprint density at radius 1 is 1.34 bits per heavy atom. The van der Waals surface area contributed by atoms with Crippen LogP contribution in [0.1, 0.15) is 62.5 Å². The number of nitrogens with one attached hydrogen (secondary N) is 1. The van der Waals surface area contributed by atoms with Gasteiger partial charge >= 0.3 is 0 Å². The minimum atomic E-state index is 0.150. The van der Waals surface area contributed by atoms with Crippen LogP contribution in [0.3, 0.4) is 0 Å². The van der Waals surface area contributed by atoms with Crippen molar-refractivity contribution in [2.45, 2.75) is 52.5 Å². The molecule has 0 amide bonds. The summed E-state index contributed by atoms with van der Waals surface area (Å²) >= 11 is 0. The van der Waals surface area contributed by atoms with Crippen LogP contribution in [0.5, 0.6) is 0 Å². The fraction of sp³-hybridized carbons (Fsp3) is 0.360. The summed E-state index contributed by atoms with van der Waals surface area (Å²) in [4.78, 5) is 10.4. The van der Waals surface area contributed by atoms with Crippen LogP contribution in [0.4, 0.5) is 5.69 Å². The number of para-hydroxylation sites is 2. The number of hydrogen-bond acceptors (Lipinski definition) is 3. The molecule has 3 aromatic rings. The highest BCUT2D eigenvalue weighted by molar-refractivity contribution is 5.91. The molecule has 1 N–H and O–H groups in total. The highest BCUT2D eigenvalue weighted by Crippen LogP contribution is 2.44. The maximum absolute atomic E-state index is 9.81. The van der Waals surface area contributed by atoms with Crippen LogP contribution < -0.4 is 4.90 Å². The number of aromatic nitrogens is 2. The second-order valence-electron chi connectivity index (χ2n) is 8.70. The first-order valence-corrected chi connectivity index (χ1v) is 10.3. The maximum Gasteiger partial charge on any atom is 0.149 e. The Kier molecular flexibility index (Phi) is 4.70. The summed E-state index contributed by atoms with van der Waals surface area (Å²) in [6.07, 6.45) is 3.09. The Morgan fingerprint density at radius 2 is 2.10 bits per heavy atom. The predicted octanol–water partition coefficient (Wildman–Crippen LogP) is 6.05. The first kappa shape index (κ1) is 19.3. The van der Waals surface area contributed by atoms with E-state index in [1.54, 1.807) is 0 Å². The highest BCUT2D eigenvalue weighted by Gasteiger charge is 2.35. The minimum Gasteiger partial charge on any atom is -0.366 e. The molecule has 0 radical (unpaired) electrons. The van der Waals surface area contributed by atoms with Crippen LogP contribution >= 0.6 is 0 Å². The van der Waals surface area contributed by atoms with Gasteiger partial charge < -0.3 is 9.88 Å². The molecule has 1 aliphatic rings. The summed E-state index contributed by atoms with van der Waals surface area (Å²) in [5.41, 5.74) is 7.48. The van der Waals surface area contributed by atoms with Crippen LogP contribution in [0, 0.1) is 18.3 Å². The average molecular weight is 385 g/mol. The number of aryl methyl sites for hydroxylation is 1. The lowest BCUT2D eigenvalue weighted by molar-refractivity contribution is 0.381. The van der Waals surface area contributed by atoms with Gasteiger partial charge in [0.15, 0.2) is 0 Å². The standard InChI is InChI=1S/C25H28N4/c1-6-29-23-11-16(2)18(13-20(23)17(3)14-25(29,4)5)12-19(15-26)24-27-21-9-7-8-10-22(21)28-24/h7-13,17H,6,14H2,1-5H3,(H,27,28)/b19-12+. The minimum absolute atomic E-state index is 0.150. The number of imidazole rings is 1. The molecule has 0 spiro atoms. The number of fused-ring (bicyclic) bond motifs is 2. The second kappa shape index (κ2) is 7.08. The molecule has 0 bridgehead atoms. The number of allylic oxidation sites excluding steroid dienone is 1. The molecular formula is C25H28N4. The molecule has 148 valence electrons. The molecule has 0 saturated heterocycles. The fourth-order valence-corrected chi connectivity index (χ4v) is 4.79. The molecule has 0 aliphatic carbocycles. The van der Waals surface area contributed by atoms with Crippen molar-refractivity contribution in [3.05, 3.63) is 58.9 Å². The molecule has 0 saturated carbocycles. The van der Waals surface area contributed by atoms with Gasteiger partial charge in [0.2, 0.25) is 0 Å². The third kappa shape index (κ3) is 3.31.